The predicted octanol–water partition coefficient (Wildman–Crippen LogP) is 8.34. The number of sulfonamides is 1. The molecule has 9 heteroatoms. The summed E-state index contributed by atoms with van der Waals surface area (Å²) in [6, 6.07) is 22.3. The quantitative estimate of drug-likeness (QED) is 0.143. The molecule has 1 amide bonds. The molecule has 0 aliphatic carbocycles. The van der Waals surface area contributed by atoms with Crippen LogP contribution in [-0.4, -0.2) is 55.2 Å². The first kappa shape index (κ1) is 42.0. The number of ketones is 1. The Morgan fingerprint density at radius 3 is 2.06 bits per heavy atom. The number of carbonyl (C=O) groups is 2. The molecule has 0 aliphatic heterocycles. The maximum atomic E-state index is 14.4. The van der Waals surface area contributed by atoms with Crippen LogP contribution < -0.4 is 5.32 Å². The molecule has 0 bridgehead atoms. The minimum absolute atomic E-state index is 0.0381. The van der Waals surface area contributed by atoms with Crippen LogP contribution in [0.4, 0.5) is 4.39 Å². The van der Waals surface area contributed by atoms with Crippen molar-refractivity contribution in [3.05, 3.63) is 101 Å². The summed E-state index contributed by atoms with van der Waals surface area (Å²) >= 11 is 0. The smallest absolute Gasteiger partial charge is 0.243 e. The van der Waals surface area contributed by atoms with Gasteiger partial charge in [-0.2, -0.15) is 4.31 Å². The number of nitrogens with zero attached hydrogens (tertiary/aromatic N) is 1. The van der Waals surface area contributed by atoms with Gasteiger partial charge in [0.25, 0.3) is 0 Å². The normalized spacial score (nSPS) is 14.4. The largest absolute Gasteiger partial charge is 0.371 e. The van der Waals surface area contributed by atoms with Crippen LogP contribution in [0, 0.1) is 30.0 Å². The minimum Gasteiger partial charge on any atom is -0.371 e. The molecule has 0 saturated heterocycles. The highest BCUT2D eigenvalue weighted by Crippen LogP contribution is 2.30. The van der Waals surface area contributed by atoms with Crippen LogP contribution in [-0.2, 0) is 37.2 Å². The van der Waals surface area contributed by atoms with Gasteiger partial charge in [-0.25, -0.2) is 12.8 Å². The van der Waals surface area contributed by atoms with Gasteiger partial charge in [-0.05, 0) is 99.6 Å². The lowest BCUT2D eigenvalue weighted by Crippen LogP contribution is -2.51. The van der Waals surface area contributed by atoms with Gasteiger partial charge < -0.3 is 10.1 Å². The summed E-state index contributed by atoms with van der Waals surface area (Å²) < 4.78 is 50.2. The van der Waals surface area contributed by atoms with Crippen LogP contribution in [0.2, 0.25) is 0 Å². The van der Waals surface area contributed by atoms with E-state index in [1.165, 1.54) is 16.4 Å². The summed E-state index contributed by atoms with van der Waals surface area (Å²) in [6.45, 7) is 17.8. The summed E-state index contributed by atoms with van der Waals surface area (Å²) in [5.41, 5.74) is 1.55. The van der Waals surface area contributed by atoms with Gasteiger partial charge in [0.1, 0.15) is 5.82 Å². The molecule has 0 heterocycles. The van der Waals surface area contributed by atoms with Crippen LogP contribution in [0.25, 0.3) is 0 Å². The van der Waals surface area contributed by atoms with Crippen molar-refractivity contribution in [3.63, 3.8) is 0 Å². The monoisotopic (exact) mass is 722 g/mol. The highest BCUT2D eigenvalue weighted by atomic mass is 32.2. The average Bonchev–Trinajstić information content (AvgIpc) is 3.02. The lowest BCUT2D eigenvalue weighted by atomic mass is 9.79. The maximum Gasteiger partial charge on any atom is 0.243 e. The molecule has 0 spiro atoms. The van der Waals surface area contributed by atoms with Crippen molar-refractivity contribution in [2.75, 3.05) is 13.1 Å². The number of hydrogen-bond donors (Lipinski definition) is 1. The second kappa shape index (κ2) is 18.4. The van der Waals surface area contributed by atoms with E-state index in [-0.39, 0.29) is 54.3 Å². The van der Waals surface area contributed by atoms with Crippen molar-refractivity contribution in [2.45, 2.75) is 117 Å². The Bertz CT molecular complexity index is 1660. The standard InChI is InChI=1S/C42H59FN2O5S/c1-30(2)28-45(51(48,49)36-23-21-31(3)22-24-36)29-38(50-42(7,8)9)34(25-32-15-11-10-12-16-32)27-37(46)40(41(4,5)6)44-39(47)20-14-18-33-17-13-19-35(43)26-33/h10-13,15-17,19,21-24,26,30,34,38,40H,14,18,20,25,27-29H2,1-9H3,(H,44,47)/t34-,38-,40-/m1/s1. The third-order valence-electron chi connectivity index (χ3n) is 8.70. The van der Waals surface area contributed by atoms with E-state index >= 15 is 0 Å². The van der Waals surface area contributed by atoms with Crippen molar-refractivity contribution in [3.8, 4) is 0 Å². The first-order valence-electron chi connectivity index (χ1n) is 18.1. The third kappa shape index (κ3) is 13.9. The number of hydrogen-bond acceptors (Lipinski definition) is 5. The predicted molar refractivity (Wildman–Crippen MR) is 203 cm³/mol. The molecular weight excluding hydrogens is 664 g/mol. The van der Waals surface area contributed by atoms with Crippen molar-refractivity contribution >= 4 is 21.7 Å². The van der Waals surface area contributed by atoms with E-state index < -0.39 is 39.1 Å². The molecule has 0 unspecified atom stereocenters. The van der Waals surface area contributed by atoms with Gasteiger partial charge in [0, 0.05) is 25.9 Å². The summed E-state index contributed by atoms with van der Waals surface area (Å²) in [5, 5.41) is 3.02. The van der Waals surface area contributed by atoms with Gasteiger partial charge in [-0.3, -0.25) is 9.59 Å². The van der Waals surface area contributed by atoms with Crippen molar-refractivity contribution in [2.24, 2.45) is 17.3 Å². The lowest BCUT2D eigenvalue weighted by molar-refractivity contribution is -0.133. The molecule has 1 N–H and O–H groups in total. The van der Waals surface area contributed by atoms with Crippen molar-refractivity contribution in [1.29, 1.82) is 0 Å². The molecule has 3 aromatic carbocycles. The van der Waals surface area contributed by atoms with E-state index in [2.05, 4.69) is 5.32 Å². The minimum atomic E-state index is -3.89. The Kier molecular flexibility index (Phi) is 15.1. The highest BCUT2D eigenvalue weighted by molar-refractivity contribution is 7.89. The fourth-order valence-corrected chi connectivity index (χ4v) is 7.88. The molecule has 0 aromatic heterocycles. The number of rotatable bonds is 18. The number of ether oxygens (including phenoxy) is 1. The summed E-state index contributed by atoms with van der Waals surface area (Å²) in [5.74, 6) is -1.06. The van der Waals surface area contributed by atoms with Crippen LogP contribution in [0.15, 0.2) is 83.8 Å². The topological polar surface area (TPSA) is 92.8 Å². The molecule has 7 nitrogen and oxygen atoms in total. The Morgan fingerprint density at radius 2 is 1.49 bits per heavy atom. The highest BCUT2D eigenvalue weighted by Gasteiger charge is 2.39. The van der Waals surface area contributed by atoms with Crippen LogP contribution >= 0.6 is 0 Å². The zero-order chi connectivity index (χ0) is 38.0. The molecule has 51 heavy (non-hydrogen) atoms. The summed E-state index contributed by atoms with van der Waals surface area (Å²) in [6.07, 6.45) is 1.16. The molecule has 3 aromatic rings. The Morgan fingerprint density at radius 1 is 0.863 bits per heavy atom. The number of halogens is 1. The zero-order valence-corrected chi connectivity index (χ0v) is 32.9. The van der Waals surface area contributed by atoms with E-state index in [1.54, 1.807) is 30.3 Å². The Labute approximate surface area is 306 Å². The Hall–Kier alpha value is -3.40. The number of Topliss-reactive ketones (excluding diaryl/α,β-unsaturated/α-hetero) is 1. The molecule has 0 fully saturated rings. The molecule has 0 aliphatic rings. The van der Waals surface area contributed by atoms with Crippen molar-refractivity contribution in [1.82, 2.24) is 9.62 Å². The number of carbonyl (C=O) groups excluding carboxylic acids is 2. The second-order valence-electron chi connectivity index (χ2n) is 16.3. The summed E-state index contributed by atoms with van der Waals surface area (Å²) in [7, 11) is -3.89. The number of benzene rings is 3. The van der Waals surface area contributed by atoms with E-state index in [0.717, 1.165) is 16.7 Å². The van der Waals surface area contributed by atoms with E-state index in [1.807, 2.05) is 98.7 Å². The van der Waals surface area contributed by atoms with Crippen LogP contribution in [0.1, 0.15) is 91.3 Å². The van der Waals surface area contributed by atoms with Crippen LogP contribution in [0.3, 0.4) is 0 Å². The maximum absolute atomic E-state index is 14.4. The molecule has 3 rings (SSSR count). The van der Waals surface area contributed by atoms with Gasteiger partial charge in [-0.15, -0.1) is 0 Å². The number of nitrogens with one attached hydrogen (secondary N) is 1. The molecule has 0 saturated carbocycles. The van der Waals surface area contributed by atoms with Gasteiger partial charge in [0.15, 0.2) is 5.78 Å². The van der Waals surface area contributed by atoms with Crippen LogP contribution in [0.5, 0.6) is 0 Å². The molecule has 0 radical (unpaired) electrons. The second-order valence-corrected chi connectivity index (χ2v) is 18.2. The zero-order valence-electron chi connectivity index (χ0n) is 32.0. The third-order valence-corrected chi connectivity index (χ3v) is 10.5. The van der Waals surface area contributed by atoms with Crippen molar-refractivity contribution < 1.29 is 27.1 Å². The van der Waals surface area contributed by atoms with Gasteiger partial charge in [0.2, 0.25) is 15.9 Å². The van der Waals surface area contributed by atoms with Gasteiger partial charge in [-0.1, -0.05) is 94.8 Å². The van der Waals surface area contributed by atoms with E-state index in [9.17, 15) is 22.4 Å². The SMILES string of the molecule is Cc1ccc(S(=O)(=O)N(CC(C)C)C[C@@H](OC(C)(C)C)[C@@H](CC(=O)[C@@H](NC(=O)CCCc2cccc(F)c2)C(C)(C)C)Cc2ccccc2)cc1. The average molecular weight is 723 g/mol. The molecular formula is C42H59FN2O5S. The molecule has 280 valence electrons. The van der Waals surface area contributed by atoms with E-state index in [0.29, 0.717) is 19.3 Å². The summed E-state index contributed by atoms with van der Waals surface area (Å²) in [4.78, 5) is 27.9. The fraction of sp³-hybridized carbons (Fsp3) is 0.524. The van der Waals surface area contributed by atoms with Gasteiger partial charge >= 0.3 is 0 Å². The molecule has 3 atom stereocenters. The van der Waals surface area contributed by atoms with Gasteiger partial charge in [0.05, 0.1) is 22.6 Å². The number of aryl methyl sites for hydroxylation is 2. The van der Waals surface area contributed by atoms with E-state index in [4.69, 9.17) is 4.74 Å². The first-order valence-corrected chi connectivity index (χ1v) is 19.5. The first-order chi connectivity index (χ1) is 23.7. The lowest BCUT2D eigenvalue weighted by Gasteiger charge is -2.38. The number of amides is 1. The fourth-order valence-electron chi connectivity index (χ4n) is 6.26. The Balaban J connectivity index is 1.94.